The van der Waals surface area contributed by atoms with E-state index in [0.29, 0.717) is 27.2 Å². The Bertz CT molecular complexity index is 1500. The fourth-order valence-electron chi connectivity index (χ4n) is 5.44. The smallest absolute Gasteiger partial charge is 0.196 e. The molecule has 11 heteroatoms. The number of nitrogens with zero attached hydrogens (tertiary/aromatic N) is 3. The minimum atomic E-state index is -0.580. The summed E-state index contributed by atoms with van der Waals surface area (Å²) in [6.07, 6.45) is 2.61. The summed E-state index contributed by atoms with van der Waals surface area (Å²) in [6.45, 7) is 7.81. The number of hydrogen-bond acceptors (Lipinski definition) is 7. The van der Waals surface area contributed by atoms with Gasteiger partial charge in [0.15, 0.2) is 29.0 Å². The lowest BCUT2D eigenvalue weighted by Gasteiger charge is -2.32. The first kappa shape index (κ1) is 37.6. The molecule has 1 fully saturated rings. The second-order valence-electron chi connectivity index (χ2n) is 11.5. The number of likely N-dealkylation sites (N-methyl/N-ethyl adjacent to an activating group) is 1. The Morgan fingerprint density at radius 1 is 0.851 bits per heavy atom. The fourth-order valence-corrected chi connectivity index (χ4v) is 5.92. The van der Waals surface area contributed by atoms with Gasteiger partial charge in [-0.05, 0) is 86.3 Å². The maximum atomic E-state index is 10.2. The van der Waals surface area contributed by atoms with Gasteiger partial charge in [0.25, 0.3) is 0 Å². The van der Waals surface area contributed by atoms with Crippen LogP contribution in [0.5, 0.6) is 23.0 Å². The second kappa shape index (κ2) is 18.5. The Kier molecular flexibility index (Phi) is 14.8. The third-order valence-electron chi connectivity index (χ3n) is 8.30. The van der Waals surface area contributed by atoms with Crippen molar-refractivity contribution in [2.75, 3.05) is 61.7 Å². The molecular weight excluding hydrogens is 637 g/mol. The van der Waals surface area contributed by atoms with Crippen LogP contribution in [0.25, 0.3) is 0 Å². The van der Waals surface area contributed by atoms with Crippen LogP contribution in [0.4, 0.5) is 5.69 Å². The van der Waals surface area contributed by atoms with E-state index in [2.05, 4.69) is 53.6 Å². The van der Waals surface area contributed by atoms with E-state index in [-0.39, 0.29) is 5.92 Å². The van der Waals surface area contributed by atoms with Gasteiger partial charge < -0.3 is 34.5 Å². The molecule has 254 valence electrons. The monoisotopic (exact) mass is 683 g/mol. The predicted octanol–water partition coefficient (Wildman–Crippen LogP) is 7.27. The number of ether oxygens (including phenoxy) is 4. The zero-order valence-electron chi connectivity index (χ0n) is 28.5. The van der Waals surface area contributed by atoms with Crippen LogP contribution in [0.15, 0.2) is 59.6 Å². The Morgan fingerprint density at radius 3 is 1.98 bits per heavy atom. The molecular formula is C36H47Cl2N5O4. The molecule has 0 saturated carbocycles. The molecule has 0 aromatic heterocycles. The number of hydrogen-bond donors (Lipinski definition) is 2. The van der Waals surface area contributed by atoms with Crippen LogP contribution in [0.1, 0.15) is 37.8 Å². The van der Waals surface area contributed by atoms with E-state index >= 15 is 0 Å². The van der Waals surface area contributed by atoms with Gasteiger partial charge in [-0.15, -0.1) is 0 Å². The van der Waals surface area contributed by atoms with E-state index < -0.39 is 5.41 Å². The fraction of sp³-hybridized carbons (Fsp3) is 0.444. The first-order valence-corrected chi connectivity index (χ1v) is 16.4. The zero-order valence-corrected chi connectivity index (χ0v) is 30.0. The van der Waals surface area contributed by atoms with Gasteiger partial charge in [-0.3, -0.25) is 0 Å². The normalized spacial score (nSPS) is 13.4. The Labute approximate surface area is 289 Å². The molecule has 0 spiro atoms. The van der Waals surface area contributed by atoms with Gasteiger partial charge in [0, 0.05) is 19.6 Å². The van der Waals surface area contributed by atoms with Crippen molar-refractivity contribution in [3.63, 3.8) is 0 Å². The maximum Gasteiger partial charge on any atom is 0.196 e. The highest BCUT2D eigenvalue weighted by atomic mass is 35.5. The van der Waals surface area contributed by atoms with Crippen LogP contribution in [-0.4, -0.2) is 72.5 Å². The lowest BCUT2D eigenvalue weighted by atomic mass is 9.69. The number of methoxy groups -OCH3 is 4. The first-order chi connectivity index (χ1) is 22.6. The molecule has 47 heavy (non-hydrogen) atoms. The molecule has 2 N–H and O–H groups in total. The summed E-state index contributed by atoms with van der Waals surface area (Å²) in [7, 11) is 8.67. The first-order valence-electron chi connectivity index (χ1n) is 15.7. The lowest BCUT2D eigenvalue weighted by Crippen LogP contribution is -2.32. The van der Waals surface area contributed by atoms with E-state index in [1.54, 1.807) is 46.6 Å². The summed E-state index contributed by atoms with van der Waals surface area (Å²) in [6, 6.07) is 19.8. The van der Waals surface area contributed by atoms with Gasteiger partial charge in [0.05, 0.1) is 50.0 Å². The van der Waals surface area contributed by atoms with Crippen molar-refractivity contribution < 1.29 is 18.9 Å². The standard InChI is InChI=1S/C27H38N2O4.C9H9Cl2N3/c1-20(2)27(19-28,22-10-12-24(31-5)26(18-22)33-7)14-8-15-29(3)16-13-21-9-11-23(30-4)25(17-21)32-6;10-6-2-1-3-7(11)8(6)14-9-12-4-5-13-9/h9-12,17-18,20H,8,13-16H2,1-7H3;1-3H,4-5H2,(H2,12,13,14). The molecule has 1 aliphatic heterocycles. The topological polar surface area (TPSA) is 100 Å². The molecule has 9 nitrogen and oxygen atoms in total. The second-order valence-corrected chi connectivity index (χ2v) is 12.4. The van der Waals surface area contributed by atoms with E-state index in [0.717, 1.165) is 68.5 Å². The zero-order chi connectivity index (χ0) is 34.4. The van der Waals surface area contributed by atoms with Gasteiger partial charge >= 0.3 is 0 Å². The van der Waals surface area contributed by atoms with Crippen molar-refractivity contribution in [1.82, 2.24) is 15.5 Å². The van der Waals surface area contributed by atoms with Gasteiger partial charge in [0.1, 0.15) is 5.69 Å². The molecule has 3 aromatic rings. The van der Waals surface area contributed by atoms with E-state index in [9.17, 15) is 5.26 Å². The molecule has 0 amide bonds. The molecule has 0 bridgehead atoms. The summed E-state index contributed by atoms with van der Waals surface area (Å²) in [5.74, 6) is 3.71. The third-order valence-corrected chi connectivity index (χ3v) is 8.91. The Balaban J connectivity index is 0.000000353. The quantitative estimate of drug-likeness (QED) is 0.183. The van der Waals surface area contributed by atoms with Crippen molar-refractivity contribution in [3.8, 4) is 29.1 Å². The number of nitriles is 1. The third kappa shape index (κ3) is 10.1. The number of halogens is 2. The molecule has 0 aliphatic carbocycles. The summed E-state index contributed by atoms with van der Waals surface area (Å²) >= 11 is 11.9. The average molecular weight is 685 g/mol. The van der Waals surface area contributed by atoms with Crippen molar-refractivity contribution >= 4 is 34.8 Å². The van der Waals surface area contributed by atoms with Gasteiger partial charge in [-0.2, -0.15) is 5.26 Å². The lowest BCUT2D eigenvalue weighted by molar-refractivity contribution is 0.292. The summed E-state index contributed by atoms with van der Waals surface area (Å²) < 4.78 is 21.6. The van der Waals surface area contributed by atoms with Crippen molar-refractivity contribution in [2.45, 2.75) is 38.5 Å². The van der Waals surface area contributed by atoms with Crippen molar-refractivity contribution in [1.29, 1.82) is 5.26 Å². The molecule has 1 aliphatic rings. The Morgan fingerprint density at radius 2 is 1.43 bits per heavy atom. The largest absolute Gasteiger partial charge is 0.493 e. The minimum absolute atomic E-state index is 0.165. The van der Waals surface area contributed by atoms with E-state index in [4.69, 9.17) is 42.1 Å². The highest BCUT2D eigenvalue weighted by Crippen LogP contribution is 2.40. The summed E-state index contributed by atoms with van der Waals surface area (Å²) in [5.41, 5.74) is 2.21. The molecule has 1 heterocycles. The summed E-state index contributed by atoms with van der Waals surface area (Å²) in [5, 5.41) is 17.5. The van der Waals surface area contributed by atoms with Crippen molar-refractivity contribution in [2.24, 2.45) is 10.9 Å². The van der Waals surface area contributed by atoms with Crippen molar-refractivity contribution in [3.05, 3.63) is 75.8 Å². The SMILES string of the molecule is COc1ccc(CCN(C)CCCC(C#N)(c2ccc(OC)c(OC)c2)C(C)C)cc1OC.Clc1cccc(Cl)c1N=C1NCCN1. The van der Waals surface area contributed by atoms with Crippen LogP contribution in [0, 0.1) is 17.2 Å². The summed E-state index contributed by atoms with van der Waals surface area (Å²) in [4.78, 5) is 6.60. The van der Waals surface area contributed by atoms with Crippen LogP contribution in [-0.2, 0) is 11.8 Å². The van der Waals surface area contributed by atoms with Gasteiger partial charge in [-0.1, -0.05) is 55.2 Å². The maximum absolute atomic E-state index is 10.2. The van der Waals surface area contributed by atoms with Crippen LogP contribution < -0.4 is 29.6 Å². The molecule has 4 rings (SSSR count). The number of rotatable bonds is 14. The molecule has 3 aromatic carbocycles. The molecule has 1 unspecified atom stereocenters. The number of benzene rings is 3. The van der Waals surface area contributed by atoms with Gasteiger partial charge in [-0.25, -0.2) is 4.99 Å². The number of guanidine groups is 1. The van der Waals surface area contributed by atoms with E-state index in [1.807, 2.05) is 30.3 Å². The highest BCUT2D eigenvalue weighted by molar-refractivity contribution is 6.38. The number of nitrogens with one attached hydrogen (secondary N) is 2. The number of aliphatic imine (C=N–C) groups is 1. The Hall–Kier alpha value is -3.84. The minimum Gasteiger partial charge on any atom is -0.493 e. The number of para-hydroxylation sites is 1. The van der Waals surface area contributed by atoms with Crippen LogP contribution in [0.2, 0.25) is 10.0 Å². The van der Waals surface area contributed by atoms with Crippen LogP contribution in [0.3, 0.4) is 0 Å². The molecule has 1 saturated heterocycles. The molecule has 1 atom stereocenters. The van der Waals surface area contributed by atoms with E-state index in [1.165, 1.54) is 5.56 Å². The average Bonchev–Trinajstić information content (AvgIpc) is 3.60. The molecule has 0 radical (unpaired) electrons. The van der Waals surface area contributed by atoms with Gasteiger partial charge in [0.2, 0.25) is 0 Å². The predicted molar refractivity (Wildman–Crippen MR) is 191 cm³/mol. The highest BCUT2D eigenvalue weighted by Gasteiger charge is 2.36. The van der Waals surface area contributed by atoms with Crippen LogP contribution >= 0.6 is 23.2 Å².